The summed E-state index contributed by atoms with van der Waals surface area (Å²) in [6.45, 7) is 5.93. The molecule has 166 valence electrons. The first-order valence-corrected chi connectivity index (χ1v) is 10.8. The van der Waals surface area contributed by atoms with Gasteiger partial charge in [-0.15, -0.1) is 0 Å². The maximum absolute atomic E-state index is 14.5. The van der Waals surface area contributed by atoms with Crippen molar-refractivity contribution >= 4 is 16.8 Å². The van der Waals surface area contributed by atoms with Crippen molar-refractivity contribution < 1.29 is 8.81 Å². The molecule has 7 heteroatoms. The Bertz CT molecular complexity index is 1470. The Morgan fingerprint density at radius 2 is 1.88 bits per heavy atom. The molecule has 0 unspecified atom stereocenters. The highest BCUT2D eigenvalue weighted by Crippen LogP contribution is 2.30. The first-order chi connectivity index (χ1) is 15.9. The second kappa shape index (κ2) is 8.16. The normalized spacial score (nSPS) is 12.3. The monoisotopic (exact) mass is 441 g/mol. The molecule has 1 N–H and O–H groups in total. The highest BCUT2D eigenvalue weighted by atomic mass is 19.1. The van der Waals surface area contributed by atoms with Gasteiger partial charge in [0.1, 0.15) is 23.0 Å². The number of fused-ring (bicyclic) bond motifs is 1. The second-order valence-corrected chi connectivity index (χ2v) is 8.32. The van der Waals surface area contributed by atoms with Gasteiger partial charge in [0.05, 0.1) is 18.2 Å². The molecule has 2 aromatic carbocycles. The minimum atomic E-state index is -0.274. The molecule has 0 aliphatic rings. The average Bonchev–Trinajstić information content (AvgIpc) is 3.39. The van der Waals surface area contributed by atoms with E-state index in [1.807, 2.05) is 52.1 Å². The number of hydrogen-bond donors (Lipinski definition) is 1. The SMILES string of the molecule is Cc1nc(N[C@H](C)c2ccc(F)c(-c3cnn(C)c3)c2)cc(-c2ccc3occ(C)c3c2)n1. The number of aromatic nitrogens is 4. The lowest BCUT2D eigenvalue weighted by atomic mass is 10.0. The molecule has 3 aromatic heterocycles. The summed E-state index contributed by atoms with van der Waals surface area (Å²) in [4.78, 5) is 9.20. The van der Waals surface area contributed by atoms with Crippen molar-refractivity contribution in [3.05, 3.63) is 83.9 Å². The summed E-state index contributed by atoms with van der Waals surface area (Å²) in [7, 11) is 1.82. The minimum absolute atomic E-state index is 0.0956. The van der Waals surface area contributed by atoms with E-state index in [1.165, 1.54) is 6.07 Å². The van der Waals surface area contributed by atoms with Gasteiger partial charge >= 0.3 is 0 Å². The Kier molecular flexibility index (Phi) is 5.17. The smallest absolute Gasteiger partial charge is 0.134 e. The second-order valence-electron chi connectivity index (χ2n) is 8.32. The molecule has 0 saturated carbocycles. The van der Waals surface area contributed by atoms with Gasteiger partial charge in [-0.1, -0.05) is 6.07 Å². The van der Waals surface area contributed by atoms with Gasteiger partial charge in [-0.2, -0.15) is 5.10 Å². The topological polar surface area (TPSA) is 68.8 Å². The molecule has 0 amide bonds. The van der Waals surface area contributed by atoms with E-state index in [-0.39, 0.29) is 11.9 Å². The van der Waals surface area contributed by atoms with Gasteiger partial charge in [0.15, 0.2) is 0 Å². The molecule has 6 nitrogen and oxygen atoms in total. The molecule has 3 heterocycles. The van der Waals surface area contributed by atoms with E-state index in [1.54, 1.807) is 29.4 Å². The van der Waals surface area contributed by atoms with Crippen LogP contribution in [0.25, 0.3) is 33.4 Å². The number of nitrogens with zero attached hydrogens (tertiary/aromatic N) is 4. The Hall–Kier alpha value is -4.00. The lowest BCUT2D eigenvalue weighted by Gasteiger charge is -2.17. The van der Waals surface area contributed by atoms with Crippen molar-refractivity contribution in [2.24, 2.45) is 7.05 Å². The van der Waals surface area contributed by atoms with Crippen LogP contribution in [0.1, 0.15) is 29.9 Å². The standard InChI is InChI=1S/C26H24FN5O/c1-15-14-33-25-8-6-19(10-21(15)25)24-11-26(31-17(3)30-24)29-16(2)18-5-7-23(27)22(9-18)20-12-28-32(4)13-20/h5-14,16H,1-4H3,(H,29,30,31)/t16-/m1/s1. The Labute approximate surface area is 191 Å². The van der Waals surface area contributed by atoms with Gasteiger partial charge in [-0.25, -0.2) is 14.4 Å². The van der Waals surface area contributed by atoms with Crippen molar-refractivity contribution in [2.45, 2.75) is 26.8 Å². The Balaban J connectivity index is 1.45. The minimum Gasteiger partial charge on any atom is -0.464 e. The van der Waals surface area contributed by atoms with Crippen LogP contribution in [0.3, 0.4) is 0 Å². The molecule has 0 aliphatic carbocycles. The zero-order valence-corrected chi connectivity index (χ0v) is 18.9. The highest BCUT2D eigenvalue weighted by Gasteiger charge is 2.14. The first-order valence-electron chi connectivity index (χ1n) is 10.8. The van der Waals surface area contributed by atoms with E-state index in [0.717, 1.165) is 38.9 Å². The summed E-state index contributed by atoms with van der Waals surface area (Å²) in [6, 6.07) is 13.0. The molecule has 0 fully saturated rings. The van der Waals surface area contributed by atoms with Crippen LogP contribution in [0, 0.1) is 19.7 Å². The zero-order chi connectivity index (χ0) is 23.1. The number of furan rings is 1. The van der Waals surface area contributed by atoms with Crippen molar-refractivity contribution in [3.8, 4) is 22.4 Å². The highest BCUT2D eigenvalue weighted by molar-refractivity contribution is 5.85. The quantitative estimate of drug-likeness (QED) is 0.351. The third-order valence-corrected chi connectivity index (χ3v) is 5.77. The number of nitrogens with one attached hydrogen (secondary N) is 1. The molecule has 33 heavy (non-hydrogen) atoms. The van der Waals surface area contributed by atoms with E-state index in [4.69, 9.17) is 4.42 Å². The molecule has 0 radical (unpaired) electrons. The van der Waals surface area contributed by atoms with Crippen LogP contribution in [-0.2, 0) is 7.05 Å². The van der Waals surface area contributed by atoms with Crippen molar-refractivity contribution in [3.63, 3.8) is 0 Å². The van der Waals surface area contributed by atoms with Crippen LogP contribution >= 0.6 is 0 Å². The third kappa shape index (κ3) is 4.09. The zero-order valence-electron chi connectivity index (χ0n) is 18.9. The molecular weight excluding hydrogens is 417 g/mol. The first kappa shape index (κ1) is 20.9. The van der Waals surface area contributed by atoms with Crippen molar-refractivity contribution in [1.82, 2.24) is 19.7 Å². The maximum Gasteiger partial charge on any atom is 0.134 e. The predicted molar refractivity (Wildman–Crippen MR) is 127 cm³/mol. The fraction of sp³-hybridized carbons (Fsp3) is 0.192. The maximum atomic E-state index is 14.5. The van der Waals surface area contributed by atoms with E-state index in [2.05, 4.69) is 26.4 Å². The van der Waals surface area contributed by atoms with Gasteiger partial charge in [-0.3, -0.25) is 4.68 Å². The summed E-state index contributed by atoms with van der Waals surface area (Å²) >= 11 is 0. The predicted octanol–water partition coefficient (Wildman–Crippen LogP) is 6.22. The van der Waals surface area contributed by atoms with Crippen LogP contribution in [0.5, 0.6) is 0 Å². The van der Waals surface area contributed by atoms with Gasteiger partial charge in [0.2, 0.25) is 0 Å². The number of halogens is 1. The van der Waals surface area contributed by atoms with Crippen molar-refractivity contribution in [1.29, 1.82) is 0 Å². The summed E-state index contributed by atoms with van der Waals surface area (Å²) in [5, 5.41) is 8.67. The number of aryl methyl sites for hydroxylation is 3. The van der Waals surface area contributed by atoms with Crippen molar-refractivity contribution in [2.75, 3.05) is 5.32 Å². The molecule has 1 atom stereocenters. The average molecular weight is 442 g/mol. The largest absolute Gasteiger partial charge is 0.464 e. The third-order valence-electron chi connectivity index (χ3n) is 5.77. The van der Waals surface area contributed by atoms with Gasteiger partial charge < -0.3 is 9.73 Å². The molecule has 0 bridgehead atoms. The Morgan fingerprint density at radius 1 is 1.03 bits per heavy atom. The van der Waals surface area contributed by atoms with E-state index >= 15 is 0 Å². The number of anilines is 1. The molecule has 0 saturated heterocycles. The molecule has 0 spiro atoms. The van der Waals surface area contributed by atoms with E-state index in [9.17, 15) is 4.39 Å². The summed E-state index contributed by atoms with van der Waals surface area (Å²) in [5.41, 5.74) is 5.99. The van der Waals surface area contributed by atoms with Crippen LogP contribution < -0.4 is 5.32 Å². The fourth-order valence-corrected chi connectivity index (χ4v) is 4.00. The van der Waals surface area contributed by atoms with Gasteiger partial charge in [-0.05, 0) is 62.2 Å². The van der Waals surface area contributed by atoms with Crippen LogP contribution in [-0.4, -0.2) is 19.7 Å². The van der Waals surface area contributed by atoms with Crippen LogP contribution in [0.4, 0.5) is 10.2 Å². The van der Waals surface area contributed by atoms with Crippen LogP contribution in [0.2, 0.25) is 0 Å². The lowest BCUT2D eigenvalue weighted by Crippen LogP contribution is -2.09. The summed E-state index contributed by atoms with van der Waals surface area (Å²) < 4.78 is 21.7. The van der Waals surface area contributed by atoms with E-state index < -0.39 is 0 Å². The molecule has 5 aromatic rings. The number of rotatable bonds is 5. The Morgan fingerprint density at radius 3 is 2.67 bits per heavy atom. The van der Waals surface area contributed by atoms with Gasteiger partial charge in [0.25, 0.3) is 0 Å². The summed E-state index contributed by atoms with van der Waals surface area (Å²) in [5.74, 6) is 1.10. The lowest BCUT2D eigenvalue weighted by molar-refractivity contribution is 0.613. The van der Waals surface area contributed by atoms with Gasteiger partial charge in [0, 0.05) is 47.4 Å². The fourth-order valence-electron chi connectivity index (χ4n) is 4.00. The molecule has 5 rings (SSSR count). The number of benzene rings is 2. The molecular formula is C26H24FN5O. The molecule has 0 aliphatic heterocycles. The number of hydrogen-bond acceptors (Lipinski definition) is 5. The summed E-state index contributed by atoms with van der Waals surface area (Å²) in [6.07, 6.45) is 5.23. The van der Waals surface area contributed by atoms with E-state index in [0.29, 0.717) is 17.2 Å². The van der Waals surface area contributed by atoms with Crippen LogP contribution in [0.15, 0.2) is 65.5 Å².